The van der Waals surface area contributed by atoms with Gasteiger partial charge in [0, 0.05) is 25.0 Å². The number of aromatic nitrogens is 2. The van der Waals surface area contributed by atoms with E-state index in [-0.39, 0.29) is 0 Å². The Labute approximate surface area is 94.3 Å². The van der Waals surface area contributed by atoms with Crippen LogP contribution in [0.2, 0.25) is 0 Å². The SMILES string of the molecule is OC(CNCc1ccn[nH]1)c1ccccc1. The molecule has 1 atom stereocenters. The Bertz CT molecular complexity index is 399. The second-order valence-corrected chi connectivity index (χ2v) is 3.64. The minimum Gasteiger partial charge on any atom is -0.387 e. The molecule has 0 saturated heterocycles. The van der Waals surface area contributed by atoms with Crippen molar-refractivity contribution in [2.24, 2.45) is 0 Å². The summed E-state index contributed by atoms with van der Waals surface area (Å²) >= 11 is 0. The number of aromatic amines is 1. The van der Waals surface area contributed by atoms with Crippen molar-refractivity contribution in [1.29, 1.82) is 0 Å². The molecule has 2 rings (SSSR count). The second kappa shape index (κ2) is 5.44. The Balaban J connectivity index is 1.78. The molecule has 0 saturated carbocycles. The average molecular weight is 217 g/mol. The third-order valence-corrected chi connectivity index (χ3v) is 2.40. The zero-order chi connectivity index (χ0) is 11.2. The molecule has 84 valence electrons. The molecule has 3 N–H and O–H groups in total. The molecular weight excluding hydrogens is 202 g/mol. The lowest BCUT2D eigenvalue weighted by molar-refractivity contribution is 0.174. The first kappa shape index (κ1) is 10.9. The predicted molar refractivity (Wildman–Crippen MR) is 61.7 cm³/mol. The van der Waals surface area contributed by atoms with Gasteiger partial charge in [0.05, 0.1) is 6.10 Å². The molecule has 1 heterocycles. The molecule has 0 fully saturated rings. The number of rotatable bonds is 5. The van der Waals surface area contributed by atoms with Crippen LogP contribution in [0.4, 0.5) is 0 Å². The molecule has 16 heavy (non-hydrogen) atoms. The van der Waals surface area contributed by atoms with E-state index in [2.05, 4.69) is 15.5 Å². The van der Waals surface area contributed by atoms with Gasteiger partial charge in [0.1, 0.15) is 0 Å². The third kappa shape index (κ3) is 2.92. The van der Waals surface area contributed by atoms with E-state index in [4.69, 9.17) is 0 Å². The number of hydrogen-bond donors (Lipinski definition) is 3. The van der Waals surface area contributed by atoms with Gasteiger partial charge in [-0.2, -0.15) is 5.10 Å². The zero-order valence-corrected chi connectivity index (χ0v) is 8.93. The molecule has 0 aliphatic carbocycles. The van der Waals surface area contributed by atoms with Crippen LogP contribution in [0.15, 0.2) is 42.6 Å². The van der Waals surface area contributed by atoms with Crippen molar-refractivity contribution in [2.75, 3.05) is 6.54 Å². The van der Waals surface area contributed by atoms with Crippen molar-refractivity contribution in [1.82, 2.24) is 15.5 Å². The van der Waals surface area contributed by atoms with Gasteiger partial charge >= 0.3 is 0 Å². The maximum absolute atomic E-state index is 9.86. The lowest BCUT2D eigenvalue weighted by Gasteiger charge is -2.11. The summed E-state index contributed by atoms with van der Waals surface area (Å²) in [6, 6.07) is 11.5. The van der Waals surface area contributed by atoms with Gasteiger partial charge in [-0.25, -0.2) is 0 Å². The summed E-state index contributed by atoms with van der Waals surface area (Å²) in [7, 11) is 0. The van der Waals surface area contributed by atoms with E-state index in [1.165, 1.54) is 0 Å². The lowest BCUT2D eigenvalue weighted by atomic mass is 10.1. The Morgan fingerprint density at radius 2 is 2.06 bits per heavy atom. The molecule has 2 aromatic rings. The number of nitrogens with zero attached hydrogens (tertiary/aromatic N) is 1. The van der Waals surface area contributed by atoms with E-state index >= 15 is 0 Å². The van der Waals surface area contributed by atoms with Crippen LogP contribution in [0.25, 0.3) is 0 Å². The maximum atomic E-state index is 9.86. The number of aliphatic hydroxyl groups is 1. The van der Waals surface area contributed by atoms with Crippen LogP contribution in [0, 0.1) is 0 Å². The van der Waals surface area contributed by atoms with Crippen LogP contribution < -0.4 is 5.32 Å². The highest BCUT2D eigenvalue weighted by atomic mass is 16.3. The molecule has 4 nitrogen and oxygen atoms in total. The molecule has 0 aliphatic rings. The molecule has 4 heteroatoms. The van der Waals surface area contributed by atoms with Crippen molar-refractivity contribution >= 4 is 0 Å². The third-order valence-electron chi connectivity index (χ3n) is 2.40. The van der Waals surface area contributed by atoms with E-state index < -0.39 is 6.10 Å². The minimum absolute atomic E-state index is 0.468. The van der Waals surface area contributed by atoms with Gasteiger partial charge in [-0.1, -0.05) is 30.3 Å². The Morgan fingerprint density at radius 1 is 1.25 bits per heavy atom. The van der Waals surface area contributed by atoms with Crippen LogP contribution >= 0.6 is 0 Å². The molecule has 0 spiro atoms. The smallest absolute Gasteiger partial charge is 0.0914 e. The van der Waals surface area contributed by atoms with Crippen molar-refractivity contribution in [3.05, 3.63) is 53.9 Å². The maximum Gasteiger partial charge on any atom is 0.0914 e. The number of aliphatic hydroxyl groups excluding tert-OH is 1. The van der Waals surface area contributed by atoms with E-state index in [1.807, 2.05) is 36.4 Å². The summed E-state index contributed by atoms with van der Waals surface area (Å²) in [6.45, 7) is 1.22. The molecular formula is C12H15N3O. The molecule has 1 unspecified atom stereocenters. The van der Waals surface area contributed by atoms with Gasteiger partial charge in [-0.05, 0) is 11.6 Å². The summed E-state index contributed by atoms with van der Waals surface area (Å²) in [5.74, 6) is 0. The number of benzene rings is 1. The van der Waals surface area contributed by atoms with Gasteiger partial charge in [-0.15, -0.1) is 0 Å². The standard InChI is InChI=1S/C12H15N3O/c16-12(10-4-2-1-3-5-10)9-13-8-11-6-7-14-15-11/h1-7,12-13,16H,8-9H2,(H,14,15). The fourth-order valence-corrected chi connectivity index (χ4v) is 1.52. The minimum atomic E-state index is -0.468. The van der Waals surface area contributed by atoms with Gasteiger partial charge in [-0.3, -0.25) is 5.10 Å². The molecule has 1 aromatic carbocycles. The quantitative estimate of drug-likeness (QED) is 0.706. The van der Waals surface area contributed by atoms with Gasteiger partial charge in [0.25, 0.3) is 0 Å². The van der Waals surface area contributed by atoms with Crippen LogP contribution in [-0.2, 0) is 6.54 Å². The molecule has 0 bridgehead atoms. The topological polar surface area (TPSA) is 60.9 Å². The number of H-pyrrole nitrogens is 1. The summed E-state index contributed by atoms with van der Waals surface area (Å²) in [6.07, 6.45) is 1.24. The van der Waals surface area contributed by atoms with Crippen LogP contribution in [-0.4, -0.2) is 21.8 Å². The van der Waals surface area contributed by atoms with E-state index in [0.29, 0.717) is 13.1 Å². The highest BCUT2D eigenvalue weighted by Crippen LogP contribution is 2.10. The summed E-state index contributed by atoms with van der Waals surface area (Å²) < 4.78 is 0. The molecule has 0 amide bonds. The van der Waals surface area contributed by atoms with E-state index in [1.54, 1.807) is 6.20 Å². The molecule has 0 aliphatic heterocycles. The first-order chi connectivity index (χ1) is 7.86. The number of nitrogens with one attached hydrogen (secondary N) is 2. The Hall–Kier alpha value is -1.65. The Morgan fingerprint density at radius 3 is 2.75 bits per heavy atom. The largest absolute Gasteiger partial charge is 0.387 e. The Kier molecular flexibility index (Phi) is 3.69. The first-order valence-corrected chi connectivity index (χ1v) is 5.28. The van der Waals surface area contributed by atoms with Crippen LogP contribution in [0.3, 0.4) is 0 Å². The van der Waals surface area contributed by atoms with Gasteiger partial charge in [0.15, 0.2) is 0 Å². The van der Waals surface area contributed by atoms with Crippen molar-refractivity contribution < 1.29 is 5.11 Å². The summed E-state index contributed by atoms with van der Waals surface area (Å²) in [4.78, 5) is 0. The monoisotopic (exact) mass is 217 g/mol. The van der Waals surface area contributed by atoms with Crippen molar-refractivity contribution in [3.63, 3.8) is 0 Å². The first-order valence-electron chi connectivity index (χ1n) is 5.28. The zero-order valence-electron chi connectivity index (χ0n) is 8.93. The predicted octanol–water partition coefficient (Wildman–Crippen LogP) is 1.23. The van der Waals surface area contributed by atoms with Crippen LogP contribution in [0.1, 0.15) is 17.4 Å². The summed E-state index contributed by atoms with van der Waals surface area (Å²) in [5, 5.41) is 19.7. The second-order valence-electron chi connectivity index (χ2n) is 3.64. The number of hydrogen-bond acceptors (Lipinski definition) is 3. The van der Waals surface area contributed by atoms with Gasteiger partial charge in [0.2, 0.25) is 0 Å². The molecule has 1 aromatic heterocycles. The highest BCUT2D eigenvalue weighted by molar-refractivity contribution is 5.17. The lowest BCUT2D eigenvalue weighted by Crippen LogP contribution is -2.21. The van der Waals surface area contributed by atoms with Gasteiger partial charge < -0.3 is 10.4 Å². The molecule has 0 radical (unpaired) electrons. The fraction of sp³-hybridized carbons (Fsp3) is 0.250. The highest BCUT2D eigenvalue weighted by Gasteiger charge is 2.05. The van der Waals surface area contributed by atoms with Crippen LogP contribution in [0.5, 0.6) is 0 Å². The fourth-order valence-electron chi connectivity index (χ4n) is 1.52. The normalized spacial score (nSPS) is 12.6. The van der Waals surface area contributed by atoms with Crippen molar-refractivity contribution in [3.8, 4) is 0 Å². The van der Waals surface area contributed by atoms with E-state index in [9.17, 15) is 5.11 Å². The van der Waals surface area contributed by atoms with E-state index in [0.717, 1.165) is 11.3 Å². The van der Waals surface area contributed by atoms with Crippen molar-refractivity contribution in [2.45, 2.75) is 12.6 Å². The summed E-state index contributed by atoms with van der Waals surface area (Å²) in [5.41, 5.74) is 1.94. The average Bonchev–Trinajstić information content (AvgIpc) is 2.83.